The lowest BCUT2D eigenvalue weighted by Crippen LogP contribution is -2.18. The first-order valence-corrected chi connectivity index (χ1v) is 5.54. The molecular formula is C13H15N3O. The van der Waals surface area contributed by atoms with E-state index in [1.807, 2.05) is 29.1 Å². The van der Waals surface area contributed by atoms with Crippen LogP contribution in [0.1, 0.15) is 18.1 Å². The first kappa shape index (κ1) is 11.4. The van der Waals surface area contributed by atoms with Crippen LogP contribution < -0.4 is 5.32 Å². The van der Waals surface area contributed by atoms with Crippen molar-refractivity contribution in [3.8, 4) is 0 Å². The summed E-state index contributed by atoms with van der Waals surface area (Å²) in [6.07, 6.45) is 3.72. The molecule has 1 aromatic carbocycles. The Morgan fingerprint density at radius 2 is 2.06 bits per heavy atom. The SMILES string of the molecule is CC(=O)NCc1cnn(Cc2ccccc2)c1. The third-order valence-corrected chi connectivity index (χ3v) is 2.42. The van der Waals surface area contributed by atoms with Crippen LogP contribution in [0.5, 0.6) is 0 Å². The normalized spacial score (nSPS) is 10.2. The molecule has 2 aromatic rings. The van der Waals surface area contributed by atoms with E-state index in [-0.39, 0.29) is 5.91 Å². The molecule has 0 aliphatic rings. The molecule has 1 N–H and O–H groups in total. The lowest BCUT2D eigenvalue weighted by Gasteiger charge is -2.01. The Kier molecular flexibility index (Phi) is 3.55. The number of carbonyl (C=O) groups is 1. The number of benzene rings is 1. The van der Waals surface area contributed by atoms with Gasteiger partial charge in [-0.2, -0.15) is 5.10 Å². The molecule has 0 saturated carbocycles. The third kappa shape index (κ3) is 3.45. The molecule has 1 aromatic heterocycles. The maximum absolute atomic E-state index is 10.8. The Morgan fingerprint density at radius 3 is 2.76 bits per heavy atom. The van der Waals surface area contributed by atoms with Gasteiger partial charge in [-0.3, -0.25) is 9.48 Å². The van der Waals surface area contributed by atoms with Crippen LogP contribution in [0.15, 0.2) is 42.7 Å². The van der Waals surface area contributed by atoms with Crippen LogP contribution in [0.3, 0.4) is 0 Å². The van der Waals surface area contributed by atoms with Crippen molar-refractivity contribution in [2.24, 2.45) is 0 Å². The topological polar surface area (TPSA) is 46.9 Å². The van der Waals surface area contributed by atoms with E-state index in [4.69, 9.17) is 0 Å². The van der Waals surface area contributed by atoms with Crippen molar-refractivity contribution >= 4 is 5.91 Å². The quantitative estimate of drug-likeness (QED) is 0.865. The molecule has 1 amide bonds. The van der Waals surface area contributed by atoms with Crippen molar-refractivity contribution in [2.75, 3.05) is 0 Å². The molecule has 1 heterocycles. The number of nitrogens with one attached hydrogen (secondary N) is 1. The van der Waals surface area contributed by atoms with Gasteiger partial charge in [0, 0.05) is 25.2 Å². The van der Waals surface area contributed by atoms with Crippen LogP contribution in [-0.2, 0) is 17.9 Å². The first-order chi connectivity index (χ1) is 8.24. The molecular weight excluding hydrogens is 214 g/mol. The molecule has 4 nitrogen and oxygen atoms in total. The van der Waals surface area contributed by atoms with E-state index >= 15 is 0 Å². The zero-order valence-corrected chi connectivity index (χ0v) is 9.76. The summed E-state index contributed by atoms with van der Waals surface area (Å²) < 4.78 is 1.87. The van der Waals surface area contributed by atoms with Gasteiger partial charge in [-0.1, -0.05) is 30.3 Å². The van der Waals surface area contributed by atoms with E-state index < -0.39 is 0 Å². The molecule has 2 rings (SSSR count). The Bertz CT molecular complexity index is 490. The molecule has 0 unspecified atom stereocenters. The van der Waals surface area contributed by atoms with Gasteiger partial charge < -0.3 is 5.32 Å². The second-order valence-corrected chi connectivity index (χ2v) is 3.94. The fourth-order valence-corrected chi connectivity index (χ4v) is 1.58. The molecule has 0 saturated heterocycles. The van der Waals surface area contributed by atoms with Gasteiger partial charge >= 0.3 is 0 Å². The zero-order chi connectivity index (χ0) is 12.1. The van der Waals surface area contributed by atoms with Gasteiger partial charge in [0.15, 0.2) is 0 Å². The van der Waals surface area contributed by atoms with Crippen LogP contribution in [-0.4, -0.2) is 15.7 Å². The minimum absolute atomic E-state index is 0.0270. The predicted octanol–water partition coefficient (Wildman–Crippen LogP) is 1.57. The standard InChI is InChI=1S/C13H15N3O/c1-11(17)14-7-13-8-15-16(10-13)9-12-5-3-2-4-6-12/h2-6,8,10H,7,9H2,1H3,(H,14,17). The average Bonchev–Trinajstić information content (AvgIpc) is 2.75. The number of nitrogens with zero attached hydrogens (tertiary/aromatic N) is 2. The van der Waals surface area contributed by atoms with E-state index in [2.05, 4.69) is 22.5 Å². The maximum atomic E-state index is 10.8. The maximum Gasteiger partial charge on any atom is 0.217 e. The smallest absolute Gasteiger partial charge is 0.217 e. The van der Waals surface area contributed by atoms with Crippen LogP contribution in [0.4, 0.5) is 0 Å². The van der Waals surface area contributed by atoms with E-state index in [0.717, 1.165) is 12.1 Å². The van der Waals surface area contributed by atoms with Gasteiger partial charge in [-0.15, -0.1) is 0 Å². The highest BCUT2D eigenvalue weighted by atomic mass is 16.1. The molecule has 0 aliphatic carbocycles. The van der Waals surface area contributed by atoms with Gasteiger partial charge in [0.1, 0.15) is 0 Å². The molecule has 17 heavy (non-hydrogen) atoms. The third-order valence-electron chi connectivity index (χ3n) is 2.42. The van der Waals surface area contributed by atoms with Gasteiger partial charge in [0.25, 0.3) is 0 Å². The molecule has 0 aliphatic heterocycles. The molecule has 4 heteroatoms. The van der Waals surface area contributed by atoms with Crippen molar-refractivity contribution in [3.05, 3.63) is 53.9 Å². The fraction of sp³-hybridized carbons (Fsp3) is 0.231. The first-order valence-electron chi connectivity index (χ1n) is 5.54. The predicted molar refractivity (Wildman–Crippen MR) is 65.3 cm³/mol. The van der Waals surface area contributed by atoms with Crippen molar-refractivity contribution < 1.29 is 4.79 Å². The summed E-state index contributed by atoms with van der Waals surface area (Å²) >= 11 is 0. The summed E-state index contributed by atoms with van der Waals surface area (Å²) in [7, 11) is 0. The Morgan fingerprint density at radius 1 is 1.29 bits per heavy atom. The molecule has 0 atom stereocenters. The summed E-state index contributed by atoms with van der Waals surface area (Å²) in [6, 6.07) is 10.1. The van der Waals surface area contributed by atoms with Crippen molar-refractivity contribution in [2.45, 2.75) is 20.0 Å². The summed E-state index contributed by atoms with van der Waals surface area (Å²) in [5.41, 5.74) is 2.22. The Hall–Kier alpha value is -2.10. The molecule has 88 valence electrons. The minimum atomic E-state index is -0.0270. The van der Waals surface area contributed by atoms with Crippen molar-refractivity contribution in [3.63, 3.8) is 0 Å². The van der Waals surface area contributed by atoms with Crippen molar-refractivity contribution in [1.29, 1.82) is 0 Å². The van der Waals surface area contributed by atoms with Crippen LogP contribution >= 0.6 is 0 Å². The average molecular weight is 229 g/mol. The monoisotopic (exact) mass is 229 g/mol. The lowest BCUT2D eigenvalue weighted by atomic mass is 10.2. The summed E-state index contributed by atoms with van der Waals surface area (Å²) in [6.45, 7) is 2.79. The second kappa shape index (κ2) is 5.30. The van der Waals surface area contributed by atoms with E-state index in [9.17, 15) is 4.79 Å². The number of hydrogen-bond donors (Lipinski definition) is 1. The number of carbonyl (C=O) groups excluding carboxylic acids is 1. The summed E-state index contributed by atoms with van der Waals surface area (Å²) in [5.74, 6) is -0.0270. The van der Waals surface area contributed by atoms with Crippen molar-refractivity contribution in [1.82, 2.24) is 15.1 Å². The van der Waals surface area contributed by atoms with Crippen LogP contribution in [0.2, 0.25) is 0 Å². The fourth-order valence-electron chi connectivity index (χ4n) is 1.58. The molecule has 0 bridgehead atoms. The number of aromatic nitrogens is 2. The van der Waals surface area contributed by atoms with E-state index in [1.54, 1.807) is 6.20 Å². The van der Waals surface area contributed by atoms with Gasteiger partial charge in [-0.25, -0.2) is 0 Å². The summed E-state index contributed by atoms with van der Waals surface area (Å²) in [4.78, 5) is 10.8. The van der Waals surface area contributed by atoms with Gasteiger partial charge in [0.2, 0.25) is 5.91 Å². The molecule has 0 fully saturated rings. The molecule has 0 radical (unpaired) electrons. The lowest BCUT2D eigenvalue weighted by molar-refractivity contribution is -0.119. The minimum Gasteiger partial charge on any atom is -0.352 e. The van der Waals surface area contributed by atoms with Gasteiger partial charge in [0.05, 0.1) is 12.7 Å². The van der Waals surface area contributed by atoms with E-state index in [0.29, 0.717) is 6.54 Å². The number of amides is 1. The highest BCUT2D eigenvalue weighted by molar-refractivity contribution is 5.72. The summed E-state index contributed by atoms with van der Waals surface area (Å²) in [5, 5.41) is 7.00. The highest BCUT2D eigenvalue weighted by Crippen LogP contribution is 2.03. The number of hydrogen-bond acceptors (Lipinski definition) is 2. The second-order valence-electron chi connectivity index (χ2n) is 3.94. The highest BCUT2D eigenvalue weighted by Gasteiger charge is 2.00. The molecule has 0 spiro atoms. The number of rotatable bonds is 4. The van der Waals surface area contributed by atoms with Crippen LogP contribution in [0.25, 0.3) is 0 Å². The van der Waals surface area contributed by atoms with Gasteiger partial charge in [-0.05, 0) is 5.56 Å². The van der Waals surface area contributed by atoms with Crippen LogP contribution in [0, 0.1) is 0 Å². The Labute approximate surface area is 100 Å². The largest absolute Gasteiger partial charge is 0.352 e. The zero-order valence-electron chi connectivity index (χ0n) is 9.76. The Balaban J connectivity index is 1.97. The van der Waals surface area contributed by atoms with E-state index in [1.165, 1.54) is 12.5 Å².